The van der Waals surface area contributed by atoms with Gasteiger partial charge in [0, 0.05) is 55.7 Å². The van der Waals surface area contributed by atoms with Gasteiger partial charge in [0.1, 0.15) is 0 Å². The molecular formula is C18H26Cl2N4O2. The van der Waals surface area contributed by atoms with E-state index in [2.05, 4.69) is 5.32 Å². The van der Waals surface area contributed by atoms with Gasteiger partial charge in [-0.1, -0.05) is 17.7 Å². The van der Waals surface area contributed by atoms with Crippen LogP contribution >= 0.6 is 23.2 Å². The van der Waals surface area contributed by atoms with Crippen molar-refractivity contribution in [2.24, 2.45) is 5.73 Å². The summed E-state index contributed by atoms with van der Waals surface area (Å²) in [6, 6.07) is 5.32. The smallest absolute Gasteiger partial charge is 0.322 e. The average Bonchev–Trinajstić information content (AvgIpc) is 2.62. The molecule has 26 heavy (non-hydrogen) atoms. The van der Waals surface area contributed by atoms with Crippen LogP contribution in [-0.2, 0) is 11.3 Å². The number of benzene rings is 1. The fourth-order valence-electron chi connectivity index (χ4n) is 3.03. The van der Waals surface area contributed by atoms with Crippen LogP contribution in [0.5, 0.6) is 0 Å². The number of likely N-dealkylation sites (tertiary alicyclic amines) is 1. The van der Waals surface area contributed by atoms with Gasteiger partial charge in [0.15, 0.2) is 0 Å². The first-order valence-electron chi connectivity index (χ1n) is 8.84. The zero-order chi connectivity index (χ0) is 19.1. The Hall–Kier alpha value is -1.50. The number of halogens is 2. The third-order valence-corrected chi connectivity index (χ3v) is 5.22. The molecule has 1 aliphatic rings. The molecule has 2 rings (SSSR count). The number of carbonyl (C=O) groups excluding carboxylic acids is 2. The van der Waals surface area contributed by atoms with Crippen molar-refractivity contribution in [1.29, 1.82) is 0 Å². The summed E-state index contributed by atoms with van der Waals surface area (Å²) in [6.07, 6.45) is 2.18. The number of urea groups is 1. The van der Waals surface area contributed by atoms with E-state index >= 15 is 0 Å². The topological polar surface area (TPSA) is 78.7 Å². The normalized spacial score (nSPS) is 15.0. The third kappa shape index (κ3) is 5.50. The molecule has 0 aromatic heterocycles. The molecule has 0 bridgehead atoms. The van der Waals surface area contributed by atoms with E-state index in [1.807, 2.05) is 12.1 Å². The number of piperidine rings is 1. The molecule has 3 N–H and O–H groups in total. The maximum absolute atomic E-state index is 12.8. The molecule has 0 radical (unpaired) electrons. The number of nitrogens with zero attached hydrogens (tertiary/aromatic N) is 2. The molecule has 0 spiro atoms. The van der Waals surface area contributed by atoms with E-state index in [1.165, 1.54) is 0 Å². The van der Waals surface area contributed by atoms with Crippen molar-refractivity contribution in [1.82, 2.24) is 10.2 Å². The first-order chi connectivity index (χ1) is 12.5. The Labute approximate surface area is 164 Å². The van der Waals surface area contributed by atoms with Crippen molar-refractivity contribution >= 4 is 40.8 Å². The number of nitrogens with one attached hydrogen (secondary N) is 1. The second kappa shape index (κ2) is 10.00. The molecule has 0 unspecified atom stereocenters. The van der Waals surface area contributed by atoms with E-state index in [9.17, 15) is 9.59 Å². The summed E-state index contributed by atoms with van der Waals surface area (Å²) < 4.78 is 0. The molecule has 0 atom stereocenters. The van der Waals surface area contributed by atoms with Gasteiger partial charge < -0.3 is 16.0 Å². The fraction of sp³-hybridized carbons (Fsp3) is 0.556. The van der Waals surface area contributed by atoms with Crippen LogP contribution in [0.15, 0.2) is 18.2 Å². The number of hydrogen-bond donors (Lipinski definition) is 2. The molecule has 1 saturated heterocycles. The van der Waals surface area contributed by atoms with E-state index in [0.717, 1.165) is 24.1 Å². The van der Waals surface area contributed by atoms with E-state index in [1.54, 1.807) is 22.8 Å². The van der Waals surface area contributed by atoms with Gasteiger partial charge in [-0.2, -0.15) is 0 Å². The summed E-state index contributed by atoms with van der Waals surface area (Å²) in [4.78, 5) is 27.7. The van der Waals surface area contributed by atoms with Crippen molar-refractivity contribution in [3.63, 3.8) is 0 Å². The van der Waals surface area contributed by atoms with E-state index in [-0.39, 0.29) is 18.0 Å². The van der Waals surface area contributed by atoms with Crippen molar-refractivity contribution in [2.75, 3.05) is 30.4 Å². The average molecular weight is 401 g/mol. The zero-order valence-electron chi connectivity index (χ0n) is 15.0. The highest BCUT2D eigenvalue weighted by atomic mass is 35.5. The Kier molecular flexibility index (Phi) is 8.00. The Morgan fingerprint density at radius 3 is 2.58 bits per heavy atom. The Balaban J connectivity index is 2.05. The predicted molar refractivity (Wildman–Crippen MR) is 106 cm³/mol. The molecule has 8 heteroatoms. The molecule has 1 heterocycles. The molecule has 1 aromatic rings. The molecule has 144 valence electrons. The van der Waals surface area contributed by atoms with E-state index in [0.29, 0.717) is 43.5 Å². The third-order valence-electron chi connectivity index (χ3n) is 4.60. The largest absolute Gasteiger partial charge is 0.343 e. The lowest BCUT2D eigenvalue weighted by Gasteiger charge is -2.33. The van der Waals surface area contributed by atoms with Gasteiger partial charge >= 0.3 is 6.03 Å². The maximum atomic E-state index is 12.8. The predicted octanol–water partition coefficient (Wildman–Crippen LogP) is 2.95. The second-order valence-electron chi connectivity index (χ2n) is 6.40. The van der Waals surface area contributed by atoms with Crippen molar-refractivity contribution in [2.45, 2.75) is 38.8 Å². The van der Waals surface area contributed by atoms with E-state index in [4.69, 9.17) is 28.9 Å². The minimum Gasteiger partial charge on any atom is -0.343 e. The monoisotopic (exact) mass is 400 g/mol. The minimum absolute atomic E-state index is 0.0513. The fourth-order valence-corrected chi connectivity index (χ4v) is 3.40. The number of amides is 3. The van der Waals surface area contributed by atoms with Crippen LogP contribution in [0.4, 0.5) is 10.5 Å². The first-order valence-corrected chi connectivity index (χ1v) is 9.75. The Morgan fingerprint density at radius 1 is 1.35 bits per heavy atom. The van der Waals surface area contributed by atoms with Crippen LogP contribution in [-0.4, -0.2) is 48.4 Å². The maximum Gasteiger partial charge on any atom is 0.322 e. The van der Waals surface area contributed by atoms with Crippen LogP contribution in [0.1, 0.15) is 31.7 Å². The molecule has 1 aromatic carbocycles. The molecule has 1 aliphatic heterocycles. The molecule has 3 amide bonds. The number of hydrogen-bond acceptors (Lipinski definition) is 3. The summed E-state index contributed by atoms with van der Waals surface area (Å²) in [5.74, 6) is 0.545. The summed E-state index contributed by atoms with van der Waals surface area (Å²) in [7, 11) is 0. The number of carbonyl (C=O) groups is 2. The first kappa shape index (κ1) is 20.8. The van der Waals surface area contributed by atoms with Crippen molar-refractivity contribution in [3.8, 4) is 0 Å². The van der Waals surface area contributed by atoms with Gasteiger partial charge in [-0.15, -0.1) is 11.6 Å². The molecule has 1 fully saturated rings. The van der Waals surface area contributed by atoms with Crippen molar-refractivity contribution in [3.05, 3.63) is 28.8 Å². The number of anilines is 1. The lowest BCUT2D eigenvalue weighted by Crippen LogP contribution is -2.50. The molecular weight excluding hydrogens is 375 g/mol. The van der Waals surface area contributed by atoms with E-state index < -0.39 is 0 Å². The van der Waals surface area contributed by atoms with Gasteiger partial charge in [-0.3, -0.25) is 9.69 Å². The lowest BCUT2D eigenvalue weighted by atomic mass is 10.1. The van der Waals surface area contributed by atoms with Gasteiger partial charge in [-0.05, 0) is 37.0 Å². The van der Waals surface area contributed by atoms with Gasteiger partial charge in [0.2, 0.25) is 5.91 Å². The lowest BCUT2D eigenvalue weighted by molar-refractivity contribution is -0.129. The number of alkyl halides is 1. The Morgan fingerprint density at radius 2 is 2.04 bits per heavy atom. The van der Waals surface area contributed by atoms with Crippen LogP contribution in [0.2, 0.25) is 5.02 Å². The SMILES string of the molecule is CC(=O)N1CCC(NC(=O)N(CCCCl)c2ccc(CN)c(Cl)c2)CC1. The Bertz CT molecular complexity index is 634. The number of nitrogens with two attached hydrogens (primary N) is 1. The van der Waals surface area contributed by atoms with Gasteiger partial charge in [0.05, 0.1) is 0 Å². The second-order valence-corrected chi connectivity index (χ2v) is 7.19. The molecule has 0 saturated carbocycles. The van der Waals surface area contributed by atoms with Crippen LogP contribution in [0.25, 0.3) is 0 Å². The number of rotatable bonds is 6. The standard InChI is InChI=1S/C18H26Cl2N4O2/c1-13(25)23-9-5-15(6-10-23)22-18(26)24(8-2-7-19)16-4-3-14(12-21)17(20)11-16/h3-4,11,15H,2,5-10,12,21H2,1H3,(H,22,26). The highest BCUT2D eigenvalue weighted by Crippen LogP contribution is 2.24. The highest BCUT2D eigenvalue weighted by Gasteiger charge is 2.24. The van der Waals surface area contributed by atoms with Gasteiger partial charge in [-0.25, -0.2) is 4.79 Å². The zero-order valence-corrected chi connectivity index (χ0v) is 16.5. The van der Waals surface area contributed by atoms with Crippen LogP contribution in [0.3, 0.4) is 0 Å². The summed E-state index contributed by atoms with van der Waals surface area (Å²) >= 11 is 12.1. The van der Waals surface area contributed by atoms with Crippen LogP contribution in [0, 0.1) is 0 Å². The quantitative estimate of drug-likeness (QED) is 0.720. The van der Waals surface area contributed by atoms with Crippen molar-refractivity contribution < 1.29 is 9.59 Å². The van der Waals surface area contributed by atoms with Gasteiger partial charge in [0.25, 0.3) is 0 Å². The summed E-state index contributed by atoms with van der Waals surface area (Å²) in [6.45, 7) is 3.75. The highest BCUT2D eigenvalue weighted by molar-refractivity contribution is 6.31. The summed E-state index contributed by atoms with van der Waals surface area (Å²) in [5.41, 5.74) is 7.21. The summed E-state index contributed by atoms with van der Waals surface area (Å²) in [5, 5.41) is 3.62. The van der Waals surface area contributed by atoms with Crippen LogP contribution < -0.4 is 16.0 Å². The minimum atomic E-state index is -0.173. The molecule has 6 nitrogen and oxygen atoms in total. The molecule has 0 aliphatic carbocycles.